The van der Waals surface area contributed by atoms with Gasteiger partial charge in [0.05, 0.1) is 11.5 Å². The van der Waals surface area contributed by atoms with Crippen LogP contribution in [0.3, 0.4) is 0 Å². The van der Waals surface area contributed by atoms with Crippen molar-refractivity contribution in [1.82, 2.24) is 4.90 Å². The number of nitrogens with two attached hydrogens (primary N) is 1. The molecule has 0 bridgehead atoms. The molecule has 2 amide bonds. The first-order valence-corrected chi connectivity index (χ1v) is 4.80. The number of benzene rings is 1. The van der Waals surface area contributed by atoms with Gasteiger partial charge in [0.2, 0.25) is 11.7 Å². The van der Waals surface area contributed by atoms with Crippen LogP contribution in [0.25, 0.3) is 0 Å². The number of hydrogen-bond acceptors (Lipinski definition) is 4. The van der Waals surface area contributed by atoms with Crippen LogP contribution in [-0.4, -0.2) is 35.2 Å². The lowest BCUT2D eigenvalue weighted by Gasteiger charge is -2.14. The first kappa shape index (κ1) is 13.6. The largest absolute Gasteiger partial charge is 0.368 e. The molecule has 0 aliphatic rings. The lowest BCUT2D eigenvalue weighted by atomic mass is 10.1. The summed E-state index contributed by atoms with van der Waals surface area (Å²) in [5, 5.41) is 10.5. The van der Waals surface area contributed by atoms with E-state index >= 15 is 0 Å². The number of nitro benzene ring substituents is 1. The molecule has 0 aliphatic heterocycles. The third-order valence-electron chi connectivity index (χ3n) is 2.13. The molecule has 18 heavy (non-hydrogen) atoms. The second kappa shape index (κ2) is 5.21. The van der Waals surface area contributed by atoms with Crippen LogP contribution in [0.4, 0.5) is 10.1 Å². The summed E-state index contributed by atoms with van der Waals surface area (Å²) >= 11 is 0. The van der Waals surface area contributed by atoms with Gasteiger partial charge in [0, 0.05) is 18.7 Å². The van der Waals surface area contributed by atoms with E-state index < -0.39 is 28.2 Å². The molecule has 0 heterocycles. The Labute approximate surface area is 101 Å². The summed E-state index contributed by atoms with van der Waals surface area (Å²) in [6.45, 7) is -0.329. The van der Waals surface area contributed by atoms with Gasteiger partial charge >= 0.3 is 5.69 Å². The highest BCUT2D eigenvalue weighted by Gasteiger charge is 2.20. The summed E-state index contributed by atoms with van der Waals surface area (Å²) < 4.78 is 13.1. The van der Waals surface area contributed by atoms with Gasteiger partial charge in [-0.3, -0.25) is 19.7 Å². The molecule has 1 aromatic carbocycles. The molecule has 0 fully saturated rings. The topological polar surface area (TPSA) is 107 Å². The Morgan fingerprint density at radius 3 is 2.61 bits per heavy atom. The molecule has 0 saturated carbocycles. The summed E-state index contributed by atoms with van der Waals surface area (Å²) in [5.41, 5.74) is 4.02. The van der Waals surface area contributed by atoms with E-state index in [1.807, 2.05) is 0 Å². The van der Waals surface area contributed by atoms with Gasteiger partial charge in [-0.2, -0.15) is 4.39 Å². The van der Waals surface area contributed by atoms with Crippen molar-refractivity contribution in [1.29, 1.82) is 0 Å². The number of hydrogen-bond donors (Lipinski definition) is 1. The zero-order valence-corrected chi connectivity index (χ0v) is 9.42. The van der Waals surface area contributed by atoms with E-state index in [0.717, 1.165) is 23.1 Å². The molecule has 0 radical (unpaired) electrons. The zero-order valence-electron chi connectivity index (χ0n) is 9.42. The highest BCUT2D eigenvalue weighted by atomic mass is 19.1. The molecule has 0 unspecified atom stereocenters. The van der Waals surface area contributed by atoms with Crippen molar-refractivity contribution in [3.63, 3.8) is 0 Å². The van der Waals surface area contributed by atoms with Gasteiger partial charge in [-0.15, -0.1) is 0 Å². The van der Waals surface area contributed by atoms with E-state index in [4.69, 9.17) is 5.73 Å². The van der Waals surface area contributed by atoms with Gasteiger partial charge in [-0.25, -0.2) is 0 Å². The minimum Gasteiger partial charge on any atom is -0.368 e. The van der Waals surface area contributed by atoms with Gasteiger partial charge < -0.3 is 10.6 Å². The molecule has 0 aromatic heterocycles. The Morgan fingerprint density at radius 2 is 2.11 bits per heavy atom. The number of nitro groups is 1. The first-order valence-electron chi connectivity index (χ1n) is 4.80. The molecular weight excluding hydrogens is 245 g/mol. The molecule has 0 spiro atoms. The second-order valence-corrected chi connectivity index (χ2v) is 3.55. The third-order valence-corrected chi connectivity index (χ3v) is 2.13. The maximum Gasteiger partial charge on any atom is 0.305 e. The van der Waals surface area contributed by atoms with Crippen molar-refractivity contribution in [2.75, 3.05) is 13.6 Å². The van der Waals surface area contributed by atoms with Crippen molar-refractivity contribution in [2.24, 2.45) is 5.73 Å². The molecule has 8 heteroatoms. The quantitative estimate of drug-likeness (QED) is 0.616. The van der Waals surface area contributed by atoms with Gasteiger partial charge in [0.15, 0.2) is 0 Å². The smallest absolute Gasteiger partial charge is 0.305 e. The molecule has 96 valence electrons. The number of amides is 2. The van der Waals surface area contributed by atoms with Crippen LogP contribution in [0, 0.1) is 15.9 Å². The van der Waals surface area contributed by atoms with E-state index in [1.54, 1.807) is 0 Å². The van der Waals surface area contributed by atoms with Crippen LogP contribution in [0.5, 0.6) is 0 Å². The van der Waals surface area contributed by atoms with Gasteiger partial charge in [-0.1, -0.05) is 0 Å². The molecule has 0 saturated heterocycles. The van der Waals surface area contributed by atoms with E-state index in [2.05, 4.69) is 0 Å². The Bertz CT molecular complexity index is 518. The standard InChI is InChI=1S/C10H10FN3O4/c1-13(5-9(12)15)10(16)6-2-3-7(11)8(4-6)14(17)18/h2-4H,5H2,1H3,(H2,12,15). The molecule has 0 atom stereocenters. The molecular formula is C10H10FN3O4. The summed E-state index contributed by atoms with van der Waals surface area (Å²) in [4.78, 5) is 32.9. The Hall–Kier alpha value is -2.51. The molecule has 1 rings (SSSR count). The summed E-state index contributed by atoms with van der Waals surface area (Å²) in [7, 11) is 1.31. The maximum absolute atomic E-state index is 13.1. The average Bonchev–Trinajstić information content (AvgIpc) is 2.27. The average molecular weight is 255 g/mol. The fraction of sp³-hybridized carbons (Fsp3) is 0.200. The zero-order chi connectivity index (χ0) is 13.9. The van der Waals surface area contributed by atoms with Gasteiger partial charge in [-0.05, 0) is 12.1 Å². The number of likely N-dealkylation sites (N-methyl/N-ethyl adjacent to an activating group) is 1. The highest BCUT2D eigenvalue weighted by molar-refractivity contribution is 5.96. The van der Waals surface area contributed by atoms with Crippen LogP contribution in [0.2, 0.25) is 0 Å². The Balaban J connectivity index is 3.03. The lowest BCUT2D eigenvalue weighted by Crippen LogP contribution is -2.35. The second-order valence-electron chi connectivity index (χ2n) is 3.55. The summed E-state index contributed by atoms with van der Waals surface area (Å²) in [6, 6.07) is 2.74. The molecule has 2 N–H and O–H groups in total. The van der Waals surface area contributed by atoms with Crippen LogP contribution < -0.4 is 5.73 Å². The van der Waals surface area contributed by atoms with Crippen molar-refractivity contribution in [3.8, 4) is 0 Å². The minimum absolute atomic E-state index is 0.0909. The number of rotatable bonds is 4. The Morgan fingerprint density at radius 1 is 1.50 bits per heavy atom. The predicted molar refractivity (Wildman–Crippen MR) is 59.2 cm³/mol. The van der Waals surface area contributed by atoms with Crippen molar-refractivity contribution >= 4 is 17.5 Å². The van der Waals surface area contributed by atoms with E-state index in [-0.39, 0.29) is 12.1 Å². The monoisotopic (exact) mass is 255 g/mol. The van der Waals surface area contributed by atoms with Crippen LogP contribution in [-0.2, 0) is 4.79 Å². The predicted octanol–water partition coefficient (Wildman–Crippen LogP) is 0.291. The third kappa shape index (κ3) is 3.00. The highest BCUT2D eigenvalue weighted by Crippen LogP contribution is 2.19. The normalized spacial score (nSPS) is 9.89. The molecule has 0 aliphatic carbocycles. The van der Waals surface area contributed by atoms with Crippen molar-refractivity contribution < 1.29 is 18.9 Å². The van der Waals surface area contributed by atoms with E-state index in [0.29, 0.717) is 0 Å². The minimum atomic E-state index is -1.03. The van der Waals surface area contributed by atoms with Gasteiger partial charge in [0.1, 0.15) is 0 Å². The van der Waals surface area contributed by atoms with E-state index in [9.17, 15) is 24.1 Å². The summed E-state index contributed by atoms with van der Waals surface area (Å²) in [6.07, 6.45) is 0. The number of carbonyl (C=O) groups excluding carboxylic acids is 2. The van der Waals surface area contributed by atoms with E-state index in [1.165, 1.54) is 7.05 Å². The van der Waals surface area contributed by atoms with Crippen molar-refractivity contribution in [2.45, 2.75) is 0 Å². The number of primary amides is 1. The maximum atomic E-state index is 13.1. The van der Waals surface area contributed by atoms with Crippen molar-refractivity contribution in [3.05, 3.63) is 39.7 Å². The SMILES string of the molecule is CN(CC(N)=O)C(=O)c1ccc(F)c([N+](=O)[O-])c1. The fourth-order valence-electron chi connectivity index (χ4n) is 1.31. The molecule has 1 aromatic rings. The summed E-state index contributed by atoms with van der Waals surface area (Å²) in [5.74, 6) is -2.41. The van der Waals surface area contributed by atoms with Crippen LogP contribution in [0.1, 0.15) is 10.4 Å². The number of nitrogens with zero attached hydrogens (tertiary/aromatic N) is 2. The van der Waals surface area contributed by atoms with Crippen LogP contribution >= 0.6 is 0 Å². The number of carbonyl (C=O) groups is 2. The fourth-order valence-corrected chi connectivity index (χ4v) is 1.31. The van der Waals surface area contributed by atoms with Crippen LogP contribution in [0.15, 0.2) is 18.2 Å². The van der Waals surface area contributed by atoms with Gasteiger partial charge in [0.25, 0.3) is 5.91 Å². The number of halogens is 1. The lowest BCUT2D eigenvalue weighted by molar-refractivity contribution is -0.387. The molecule has 7 nitrogen and oxygen atoms in total. The Kier molecular flexibility index (Phi) is 3.93. The first-order chi connectivity index (χ1) is 8.32.